The van der Waals surface area contributed by atoms with Crippen molar-refractivity contribution in [1.82, 2.24) is 0 Å². The van der Waals surface area contributed by atoms with E-state index < -0.39 is 110 Å². The second-order valence-corrected chi connectivity index (χ2v) is 8.94. The Bertz CT molecular complexity index is 765. The Morgan fingerprint density at radius 2 is 1.26 bits per heavy atom. The maximum atomic E-state index is 11.0. The summed E-state index contributed by atoms with van der Waals surface area (Å²) in [5.74, 6) is 0. The number of rotatable bonds is 8. The molecule has 0 aromatic carbocycles. The summed E-state index contributed by atoms with van der Waals surface area (Å²) in [5, 5.41) is 79.7. The van der Waals surface area contributed by atoms with Gasteiger partial charge in [-0.2, -0.15) is 8.42 Å². The molecule has 3 fully saturated rings. The Morgan fingerprint density at radius 3 is 1.79 bits per heavy atom. The highest BCUT2D eigenvalue weighted by Crippen LogP contribution is 2.31. The molecule has 9 N–H and O–H groups in total. The quantitative estimate of drug-likeness (QED) is 0.133. The topological polar surface area (TPSA) is 272 Å². The van der Waals surface area contributed by atoms with Crippen LogP contribution in [0.3, 0.4) is 0 Å². The van der Waals surface area contributed by atoms with Crippen molar-refractivity contribution >= 4 is 10.4 Å². The summed E-state index contributed by atoms with van der Waals surface area (Å²) in [5.41, 5.74) is 0. The van der Waals surface area contributed by atoms with Crippen LogP contribution in [0.1, 0.15) is 0 Å². The molecular weight excluding hydrogens is 496 g/mol. The highest BCUT2D eigenvalue weighted by atomic mass is 32.3. The van der Waals surface area contributed by atoms with Crippen molar-refractivity contribution < 1.29 is 81.7 Å². The van der Waals surface area contributed by atoms with Gasteiger partial charge in [0, 0.05) is 0 Å². The molecule has 0 aromatic rings. The Hall–Kier alpha value is -0.650. The van der Waals surface area contributed by atoms with E-state index >= 15 is 0 Å². The molecule has 3 heterocycles. The van der Waals surface area contributed by atoms with Crippen molar-refractivity contribution in [3.05, 3.63) is 0 Å². The zero-order valence-corrected chi connectivity index (χ0v) is 18.1. The third-order valence-corrected chi connectivity index (χ3v) is 6.02. The molecule has 0 aromatic heterocycles. The summed E-state index contributed by atoms with van der Waals surface area (Å²) >= 11 is 0. The average Bonchev–Trinajstić information content (AvgIpc) is 3.04. The lowest BCUT2D eigenvalue weighted by Crippen LogP contribution is -2.64. The van der Waals surface area contributed by atoms with Gasteiger partial charge >= 0.3 is 10.4 Å². The first-order chi connectivity index (χ1) is 15.9. The van der Waals surface area contributed by atoms with Gasteiger partial charge in [-0.25, -0.2) is 4.18 Å². The number of ether oxygens (including phenoxy) is 5. The van der Waals surface area contributed by atoms with E-state index in [2.05, 4.69) is 4.18 Å². The Kier molecular flexibility index (Phi) is 9.18. The fourth-order valence-electron chi connectivity index (χ4n) is 3.79. The number of hydrogen-bond donors (Lipinski definition) is 9. The smallest absolute Gasteiger partial charge is 0.394 e. The van der Waals surface area contributed by atoms with Gasteiger partial charge in [-0.15, -0.1) is 0 Å². The molecular formula is C16H28O17S. The summed E-state index contributed by atoms with van der Waals surface area (Å²) in [4.78, 5) is 0. The summed E-state index contributed by atoms with van der Waals surface area (Å²) < 4.78 is 61.4. The van der Waals surface area contributed by atoms with Gasteiger partial charge in [0.25, 0.3) is 0 Å². The molecule has 3 aliphatic heterocycles. The maximum Gasteiger partial charge on any atom is 0.397 e. The van der Waals surface area contributed by atoms with Crippen LogP contribution in [-0.2, 0) is 38.3 Å². The van der Waals surface area contributed by atoms with Crippen LogP contribution in [0.5, 0.6) is 0 Å². The Labute approximate surface area is 192 Å². The summed E-state index contributed by atoms with van der Waals surface area (Å²) in [6.07, 6.45) is -22.1. The number of aliphatic hydroxyl groups excluding tert-OH is 8. The van der Waals surface area contributed by atoms with Crippen LogP contribution in [0.15, 0.2) is 0 Å². The zero-order chi connectivity index (χ0) is 25.4. The third-order valence-electron chi connectivity index (χ3n) is 5.56. The standard InChI is InChI=1S/C16H28O17S/c17-1-5-7(20)9(22)15(29-5)32-13-11(4(19)3-28-14(13)24)31-16-10(23)8(21)12(6(2-18)30-16)33-34(25,26)27/h4-24H,1-3H2,(H,25,26,27)/t4-,5-,6+,7-,8+,9+,10+,11-,12+,13+,14+,15-,16-/m0/s1. The zero-order valence-electron chi connectivity index (χ0n) is 17.3. The van der Waals surface area contributed by atoms with Crippen molar-refractivity contribution in [2.45, 2.75) is 79.9 Å². The first-order valence-electron chi connectivity index (χ1n) is 10.1. The molecule has 3 aliphatic rings. The largest absolute Gasteiger partial charge is 0.397 e. The van der Waals surface area contributed by atoms with Crippen molar-refractivity contribution in [2.24, 2.45) is 0 Å². The SMILES string of the molecule is O=S(=O)(O)O[C@H]1[C@H](O)[C@@H](O)[C@H](O[C@@H]2[C@@H](O[C@@H]3O[C@@H](CO)[C@H](O)[C@H]3O)[C@H](O)OC[C@@H]2O)O[C@@H]1CO. The first kappa shape index (κ1) is 27.9. The minimum Gasteiger partial charge on any atom is -0.394 e. The van der Waals surface area contributed by atoms with Crippen LogP contribution >= 0.6 is 0 Å². The molecule has 17 nitrogen and oxygen atoms in total. The molecule has 0 spiro atoms. The van der Waals surface area contributed by atoms with E-state index in [9.17, 15) is 49.3 Å². The highest BCUT2D eigenvalue weighted by Gasteiger charge is 2.52. The van der Waals surface area contributed by atoms with Gasteiger partial charge in [0.15, 0.2) is 18.9 Å². The summed E-state index contributed by atoms with van der Waals surface area (Å²) in [6, 6.07) is 0. The van der Waals surface area contributed by atoms with E-state index in [0.29, 0.717) is 0 Å². The lowest BCUT2D eigenvalue weighted by atomic mass is 9.98. The molecule has 13 atom stereocenters. The minimum absolute atomic E-state index is 0.495. The second kappa shape index (κ2) is 11.2. The molecule has 0 saturated carbocycles. The minimum atomic E-state index is -5.11. The fourth-order valence-corrected chi connectivity index (χ4v) is 4.31. The number of hydrogen-bond acceptors (Lipinski definition) is 16. The first-order valence-corrected chi connectivity index (χ1v) is 11.4. The van der Waals surface area contributed by atoms with Crippen LogP contribution in [0.25, 0.3) is 0 Å². The van der Waals surface area contributed by atoms with E-state index in [1.165, 1.54) is 0 Å². The molecule has 34 heavy (non-hydrogen) atoms. The molecule has 0 unspecified atom stereocenters. The summed E-state index contributed by atoms with van der Waals surface area (Å²) in [7, 11) is -5.11. The Morgan fingerprint density at radius 1 is 0.735 bits per heavy atom. The van der Waals surface area contributed by atoms with E-state index in [1.54, 1.807) is 0 Å². The van der Waals surface area contributed by atoms with E-state index in [4.69, 9.17) is 28.2 Å². The third kappa shape index (κ3) is 6.00. The van der Waals surface area contributed by atoms with Crippen LogP contribution in [-0.4, -0.2) is 154 Å². The molecule has 200 valence electrons. The maximum absolute atomic E-state index is 11.0. The van der Waals surface area contributed by atoms with Crippen molar-refractivity contribution in [3.8, 4) is 0 Å². The van der Waals surface area contributed by atoms with Crippen LogP contribution < -0.4 is 0 Å². The predicted octanol–water partition coefficient (Wildman–Crippen LogP) is -6.47. The molecule has 0 aliphatic carbocycles. The van der Waals surface area contributed by atoms with Gasteiger partial charge in [0.2, 0.25) is 0 Å². The predicted molar refractivity (Wildman–Crippen MR) is 99.7 cm³/mol. The number of aliphatic hydroxyl groups is 8. The van der Waals surface area contributed by atoms with Crippen LogP contribution in [0.2, 0.25) is 0 Å². The lowest BCUT2D eigenvalue weighted by Gasteiger charge is -2.45. The highest BCUT2D eigenvalue weighted by molar-refractivity contribution is 7.80. The van der Waals surface area contributed by atoms with E-state index in [0.717, 1.165) is 0 Å². The molecule has 18 heteroatoms. The monoisotopic (exact) mass is 524 g/mol. The normalized spacial score (nSPS) is 48.2. The van der Waals surface area contributed by atoms with Crippen LogP contribution in [0, 0.1) is 0 Å². The average molecular weight is 524 g/mol. The van der Waals surface area contributed by atoms with E-state index in [1.807, 2.05) is 0 Å². The Balaban J connectivity index is 1.76. The molecule has 3 saturated heterocycles. The second-order valence-electron chi connectivity index (χ2n) is 7.89. The van der Waals surface area contributed by atoms with Gasteiger partial charge < -0.3 is 64.5 Å². The fraction of sp³-hybridized carbons (Fsp3) is 1.00. The van der Waals surface area contributed by atoms with Crippen molar-refractivity contribution in [2.75, 3.05) is 19.8 Å². The van der Waals surface area contributed by atoms with Crippen molar-refractivity contribution in [1.29, 1.82) is 0 Å². The van der Waals surface area contributed by atoms with Crippen LogP contribution in [0.4, 0.5) is 0 Å². The van der Waals surface area contributed by atoms with E-state index in [-0.39, 0.29) is 0 Å². The van der Waals surface area contributed by atoms with Gasteiger partial charge in [-0.3, -0.25) is 4.55 Å². The lowest BCUT2D eigenvalue weighted by molar-refractivity contribution is -0.360. The molecule has 0 radical (unpaired) electrons. The van der Waals surface area contributed by atoms with Gasteiger partial charge in [-0.05, 0) is 0 Å². The summed E-state index contributed by atoms with van der Waals surface area (Å²) in [6.45, 7) is -2.12. The molecule has 0 bridgehead atoms. The van der Waals surface area contributed by atoms with Gasteiger partial charge in [-0.1, -0.05) is 0 Å². The van der Waals surface area contributed by atoms with Crippen molar-refractivity contribution in [3.63, 3.8) is 0 Å². The molecule has 0 amide bonds. The van der Waals surface area contributed by atoms with Gasteiger partial charge in [0.05, 0.1) is 19.8 Å². The van der Waals surface area contributed by atoms with Gasteiger partial charge in [0.1, 0.15) is 61.0 Å². The molecule has 3 rings (SSSR count).